The molecule has 108 valence electrons. The molecule has 0 aliphatic heterocycles. The van der Waals surface area contributed by atoms with Crippen molar-refractivity contribution in [3.8, 4) is 0 Å². The summed E-state index contributed by atoms with van der Waals surface area (Å²) in [4.78, 5) is 4.68. The lowest BCUT2D eigenvalue weighted by Gasteiger charge is -2.24. The molecule has 19 heavy (non-hydrogen) atoms. The minimum Gasteiger partial charge on any atom is -0.353 e. The first kappa shape index (κ1) is 14.4. The van der Waals surface area contributed by atoms with E-state index in [4.69, 9.17) is 0 Å². The summed E-state index contributed by atoms with van der Waals surface area (Å²) in [6.07, 6.45) is 11.4. The maximum absolute atomic E-state index is 4.68. The molecular weight excluding hydrogens is 234 g/mol. The molecule has 0 amide bonds. The second-order valence-electron chi connectivity index (χ2n) is 6.02. The lowest BCUT2D eigenvalue weighted by Crippen LogP contribution is -2.25. The highest BCUT2D eigenvalue weighted by atomic mass is 15.2. The molecule has 0 spiro atoms. The highest BCUT2D eigenvalue weighted by molar-refractivity contribution is 5.30. The van der Waals surface area contributed by atoms with Crippen LogP contribution < -0.4 is 5.32 Å². The smallest absolute Gasteiger partial charge is 0.203 e. The molecule has 1 N–H and O–H groups in total. The lowest BCUT2D eigenvalue weighted by atomic mass is 9.96. The zero-order valence-corrected chi connectivity index (χ0v) is 12.8. The third-order valence-electron chi connectivity index (χ3n) is 4.44. The number of anilines is 1. The fraction of sp³-hybridized carbons (Fsp3) is 0.812. The zero-order chi connectivity index (χ0) is 13.7. The maximum Gasteiger partial charge on any atom is 0.203 e. The van der Waals surface area contributed by atoms with Crippen LogP contribution >= 0.6 is 0 Å². The molecule has 2 rings (SSSR count). The fourth-order valence-electron chi connectivity index (χ4n) is 3.06. The Morgan fingerprint density at radius 3 is 2.58 bits per heavy atom. The fourth-order valence-corrected chi connectivity index (χ4v) is 3.06. The van der Waals surface area contributed by atoms with Gasteiger partial charge in [0.25, 0.3) is 0 Å². The Kier molecular flexibility index (Phi) is 5.29. The van der Waals surface area contributed by atoms with Crippen molar-refractivity contribution in [1.82, 2.24) is 9.55 Å². The first-order chi connectivity index (χ1) is 9.22. The molecule has 1 fully saturated rings. The first-order valence-corrected chi connectivity index (χ1v) is 8.03. The summed E-state index contributed by atoms with van der Waals surface area (Å²) >= 11 is 0. The van der Waals surface area contributed by atoms with E-state index in [1.807, 2.05) is 0 Å². The Morgan fingerprint density at radius 2 is 1.95 bits per heavy atom. The average Bonchev–Trinajstić information content (AvgIpc) is 2.77. The van der Waals surface area contributed by atoms with Gasteiger partial charge in [0.05, 0.1) is 5.69 Å². The summed E-state index contributed by atoms with van der Waals surface area (Å²) in [5.41, 5.74) is 1.13. The van der Waals surface area contributed by atoms with Gasteiger partial charge in [0.15, 0.2) is 0 Å². The Labute approximate surface area is 117 Å². The zero-order valence-electron chi connectivity index (χ0n) is 12.8. The molecular formula is C16H29N3. The molecule has 1 heterocycles. The Morgan fingerprint density at radius 1 is 1.26 bits per heavy atom. The number of nitrogens with zero attached hydrogens (tertiary/aromatic N) is 2. The van der Waals surface area contributed by atoms with Crippen LogP contribution in [0.15, 0.2) is 6.20 Å². The van der Waals surface area contributed by atoms with E-state index in [0.717, 1.165) is 24.1 Å². The molecule has 3 nitrogen and oxygen atoms in total. The summed E-state index contributed by atoms with van der Waals surface area (Å²) < 4.78 is 2.33. The largest absolute Gasteiger partial charge is 0.353 e. The molecule has 1 aliphatic rings. The monoisotopic (exact) mass is 263 g/mol. The van der Waals surface area contributed by atoms with Gasteiger partial charge in [0.1, 0.15) is 0 Å². The van der Waals surface area contributed by atoms with Crippen LogP contribution in [-0.2, 0) is 6.54 Å². The normalized spacial score (nSPS) is 17.1. The summed E-state index contributed by atoms with van der Waals surface area (Å²) in [7, 11) is 0. The molecule has 0 bridgehead atoms. The number of hydrogen-bond acceptors (Lipinski definition) is 2. The molecule has 0 aromatic carbocycles. The van der Waals surface area contributed by atoms with Crippen LogP contribution in [0.1, 0.15) is 64.5 Å². The number of nitrogens with one attached hydrogen (secondary N) is 1. The quantitative estimate of drug-likeness (QED) is 0.825. The topological polar surface area (TPSA) is 29.9 Å². The summed E-state index contributed by atoms with van der Waals surface area (Å²) in [5.74, 6) is 1.86. The Bertz CT molecular complexity index is 373. The highest BCUT2D eigenvalue weighted by Gasteiger charge is 2.16. The standard InChI is InChI=1S/C16H29N3/c1-4-14(5-2)12-19-11-13(3)17-16(19)18-15-9-7-6-8-10-15/h11,14-15H,4-10,12H2,1-3H3,(H,17,18). The number of hydrogen-bond donors (Lipinski definition) is 1. The van der Waals surface area contributed by atoms with Crippen molar-refractivity contribution in [3.05, 3.63) is 11.9 Å². The second kappa shape index (κ2) is 6.97. The van der Waals surface area contributed by atoms with Crippen LogP contribution in [0.5, 0.6) is 0 Å². The van der Waals surface area contributed by atoms with Crippen molar-refractivity contribution in [3.63, 3.8) is 0 Å². The predicted molar refractivity (Wildman–Crippen MR) is 81.5 cm³/mol. The van der Waals surface area contributed by atoms with Crippen LogP contribution in [0, 0.1) is 12.8 Å². The number of imidazole rings is 1. The molecule has 1 saturated carbocycles. The van der Waals surface area contributed by atoms with Crippen LogP contribution in [0.2, 0.25) is 0 Å². The SMILES string of the molecule is CCC(CC)Cn1cc(C)nc1NC1CCCCC1. The summed E-state index contributed by atoms with van der Waals surface area (Å²) in [6, 6.07) is 0.635. The van der Waals surface area contributed by atoms with E-state index in [0.29, 0.717) is 6.04 Å². The van der Waals surface area contributed by atoms with Crippen molar-refractivity contribution in [2.45, 2.75) is 78.3 Å². The third-order valence-corrected chi connectivity index (χ3v) is 4.44. The highest BCUT2D eigenvalue weighted by Crippen LogP contribution is 2.22. The van der Waals surface area contributed by atoms with Crippen LogP contribution in [0.3, 0.4) is 0 Å². The second-order valence-corrected chi connectivity index (χ2v) is 6.02. The van der Waals surface area contributed by atoms with Crippen molar-refractivity contribution in [2.75, 3.05) is 5.32 Å². The van der Waals surface area contributed by atoms with Crippen molar-refractivity contribution >= 4 is 5.95 Å². The van der Waals surface area contributed by atoms with Crippen LogP contribution in [-0.4, -0.2) is 15.6 Å². The van der Waals surface area contributed by atoms with Gasteiger partial charge in [-0.25, -0.2) is 4.98 Å². The van der Waals surface area contributed by atoms with E-state index < -0.39 is 0 Å². The molecule has 1 aromatic rings. The van der Waals surface area contributed by atoms with E-state index in [9.17, 15) is 0 Å². The molecule has 0 atom stereocenters. The van der Waals surface area contributed by atoms with Crippen LogP contribution in [0.4, 0.5) is 5.95 Å². The van der Waals surface area contributed by atoms with Gasteiger partial charge in [-0.3, -0.25) is 0 Å². The first-order valence-electron chi connectivity index (χ1n) is 8.03. The van der Waals surface area contributed by atoms with E-state index in [1.54, 1.807) is 0 Å². The minimum absolute atomic E-state index is 0.635. The van der Waals surface area contributed by atoms with Crippen molar-refractivity contribution in [2.24, 2.45) is 5.92 Å². The number of rotatable bonds is 6. The Balaban J connectivity index is 2.02. The molecule has 1 aliphatic carbocycles. The van der Waals surface area contributed by atoms with E-state index in [-0.39, 0.29) is 0 Å². The third kappa shape index (κ3) is 3.99. The Hall–Kier alpha value is -0.990. The molecule has 3 heteroatoms. The average molecular weight is 263 g/mol. The molecule has 1 aromatic heterocycles. The van der Waals surface area contributed by atoms with Crippen molar-refractivity contribution in [1.29, 1.82) is 0 Å². The van der Waals surface area contributed by atoms with Gasteiger partial charge in [-0.2, -0.15) is 0 Å². The number of aryl methyl sites for hydroxylation is 1. The van der Waals surface area contributed by atoms with Gasteiger partial charge >= 0.3 is 0 Å². The maximum atomic E-state index is 4.68. The van der Waals surface area contributed by atoms with Crippen molar-refractivity contribution < 1.29 is 0 Å². The van der Waals surface area contributed by atoms with E-state index in [1.165, 1.54) is 44.9 Å². The number of aromatic nitrogens is 2. The van der Waals surface area contributed by atoms with Gasteiger partial charge < -0.3 is 9.88 Å². The van der Waals surface area contributed by atoms with Gasteiger partial charge in [0.2, 0.25) is 5.95 Å². The lowest BCUT2D eigenvalue weighted by molar-refractivity contribution is 0.415. The van der Waals surface area contributed by atoms with Gasteiger partial charge in [0, 0.05) is 18.8 Å². The predicted octanol–water partition coefficient (Wildman–Crippen LogP) is 4.37. The molecule has 0 radical (unpaired) electrons. The van der Waals surface area contributed by atoms with Crippen LogP contribution in [0.25, 0.3) is 0 Å². The molecule has 0 saturated heterocycles. The summed E-state index contributed by atoms with van der Waals surface area (Å²) in [6.45, 7) is 7.76. The van der Waals surface area contributed by atoms with Gasteiger partial charge in [-0.15, -0.1) is 0 Å². The van der Waals surface area contributed by atoms with E-state index in [2.05, 4.69) is 41.8 Å². The summed E-state index contributed by atoms with van der Waals surface area (Å²) in [5, 5.41) is 3.68. The minimum atomic E-state index is 0.635. The van der Waals surface area contributed by atoms with E-state index >= 15 is 0 Å². The molecule has 0 unspecified atom stereocenters. The van der Waals surface area contributed by atoms with Gasteiger partial charge in [-0.05, 0) is 25.7 Å². The van der Waals surface area contributed by atoms with Gasteiger partial charge in [-0.1, -0.05) is 46.0 Å².